The predicted octanol–water partition coefficient (Wildman–Crippen LogP) is 2.06. The van der Waals surface area contributed by atoms with Gasteiger partial charge in [0.1, 0.15) is 11.3 Å². The Labute approximate surface area is 131 Å². The Hall–Kier alpha value is -3.37. The number of alkyl halides is 3. The molecule has 0 radical (unpaired) electrons. The molecule has 0 bridgehead atoms. The van der Waals surface area contributed by atoms with Crippen LogP contribution in [0.1, 0.15) is 15.9 Å². The Morgan fingerprint density at radius 1 is 1.25 bits per heavy atom. The van der Waals surface area contributed by atoms with Crippen molar-refractivity contribution >= 4 is 17.3 Å². The van der Waals surface area contributed by atoms with E-state index in [9.17, 15) is 32.9 Å². The standard InChI is InChI=1S/C13H9F3N4O4/c14-13(15,16)7-3-4-9(10(6-7)20(23)24)18-19-12(22)8-2-1-5-17-11(8)21/h1-6,18H,(H,17,21)(H,19,22). The first-order valence-electron chi connectivity index (χ1n) is 6.30. The molecule has 2 rings (SSSR count). The fourth-order valence-corrected chi connectivity index (χ4v) is 1.76. The molecule has 0 atom stereocenters. The summed E-state index contributed by atoms with van der Waals surface area (Å²) in [5, 5.41) is 10.9. The summed E-state index contributed by atoms with van der Waals surface area (Å²) in [6.45, 7) is 0. The van der Waals surface area contributed by atoms with Crippen LogP contribution in [0.3, 0.4) is 0 Å². The highest BCUT2D eigenvalue weighted by Gasteiger charge is 2.33. The first kappa shape index (κ1) is 17.0. The highest BCUT2D eigenvalue weighted by molar-refractivity contribution is 5.94. The topological polar surface area (TPSA) is 117 Å². The number of hydrazine groups is 1. The van der Waals surface area contributed by atoms with E-state index < -0.39 is 33.8 Å². The Morgan fingerprint density at radius 3 is 2.54 bits per heavy atom. The molecule has 11 heteroatoms. The largest absolute Gasteiger partial charge is 0.416 e. The summed E-state index contributed by atoms with van der Waals surface area (Å²) in [4.78, 5) is 35.4. The van der Waals surface area contributed by atoms with Crippen molar-refractivity contribution in [3.05, 3.63) is 68.1 Å². The van der Waals surface area contributed by atoms with Crippen molar-refractivity contribution in [3.8, 4) is 0 Å². The van der Waals surface area contributed by atoms with Crippen molar-refractivity contribution in [3.63, 3.8) is 0 Å². The summed E-state index contributed by atoms with van der Waals surface area (Å²) < 4.78 is 37.8. The summed E-state index contributed by atoms with van der Waals surface area (Å²) in [6.07, 6.45) is -3.45. The van der Waals surface area contributed by atoms with Gasteiger partial charge < -0.3 is 4.98 Å². The number of hydrogen-bond donors (Lipinski definition) is 3. The molecule has 8 nitrogen and oxygen atoms in total. The van der Waals surface area contributed by atoms with E-state index in [1.54, 1.807) is 0 Å². The predicted molar refractivity (Wildman–Crippen MR) is 76.2 cm³/mol. The number of nitro benzene ring substituents is 1. The molecule has 0 unspecified atom stereocenters. The number of nitrogens with zero attached hydrogens (tertiary/aromatic N) is 1. The van der Waals surface area contributed by atoms with Crippen LogP contribution in [0.25, 0.3) is 0 Å². The number of rotatable bonds is 4. The average molecular weight is 342 g/mol. The lowest BCUT2D eigenvalue weighted by molar-refractivity contribution is -0.384. The number of nitrogens with one attached hydrogen (secondary N) is 3. The summed E-state index contributed by atoms with van der Waals surface area (Å²) in [5.41, 5.74) is 0.726. The number of H-pyrrole nitrogens is 1. The number of carbonyl (C=O) groups excluding carboxylic acids is 1. The third-order valence-corrected chi connectivity index (χ3v) is 2.90. The monoisotopic (exact) mass is 342 g/mol. The summed E-state index contributed by atoms with van der Waals surface area (Å²) in [5.74, 6) is -0.911. The van der Waals surface area contributed by atoms with E-state index in [0.29, 0.717) is 12.1 Å². The summed E-state index contributed by atoms with van der Waals surface area (Å²) >= 11 is 0. The van der Waals surface area contributed by atoms with Crippen LogP contribution in [-0.2, 0) is 6.18 Å². The van der Waals surface area contributed by atoms with E-state index in [2.05, 4.69) is 10.4 Å². The number of pyridine rings is 1. The Kier molecular flexibility index (Phi) is 4.53. The zero-order valence-corrected chi connectivity index (χ0v) is 11.7. The first-order chi connectivity index (χ1) is 11.2. The van der Waals surface area contributed by atoms with Gasteiger partial charge >= 0.3 is 6.18 Å². The zero-order chi connectivity index (χ0) is 17.9. The molecule has 1 aromatic heterocycles. The van der Waals surface area contributed by atoms with Gasteiger partial charge in [-0.1, -0.05) is 0 Å². The molecule has 0 aliphatic carbocycles. The number of anilines is 1. The van der Waals surface area contributed by atoms with Crippen molar-refractivity contribution in [2.75, 3.05) is 5.43 Å². The van der Waals surface area contributed by atoms with Crippen molar-refractivity contribution in [1.29, 1.82) is 0 Å². The van der Waals surface area contributed by atoms with Gasteiger partial charge in [0, 0.05) is 12.3 Å². The number of carbonyl (C=O) groups is 1. The second kappa shape index (κ2) is 6.40. The molecule has 3 N–H and O–H groups in total. The quantitative estimate of drug-likeness (QED) is 0.581. The van der Waals surface area contributed by atoms with Gasteiger partial charge in [0.25, 0.3) is 17.2 Å². The number of aromatic nitrogens is 1. The number of nitro groups is 1. The normalized spacial score (nSPS) is 11.0. The fraction of sp³-hybridized carbons (Fsp3) is 0.0769. The molecule has 1 aromatic carbocycles. The Morgan fingerprint density at radius 2 is 1.96 bits per heavy atom. The lowest BCUT2D eigenvalue weighted by Gasteiger charge is -2.11. The van der Waals surface area contributed by atoms with Gasteiger partial charge in [0.05, 0.1) is 10.5 Å². The molecule has 126 valence electrons. The molecule has 1 heterocycles. The van der Waals surface area contributed by atoms with Crippen LogP contribution in [0.4, 0.5) is 24.5 Å². The number of aromatic amines is 1. The van der Waals surface area contributed by atoms with Crippen LogP contribution < -0.4 is 16.4 Å². The number of hydrogen-bond acceptors (Lipinski definition) is 5. The van der Waals surface area contributed by atoms with Gasteiger partial charge in [-0.2, -0.15) is 13.2 Å². The lowest BCUT2D eigenvalue weighted by atomic mass is 10.1. The van der Waals surface area contributed by atoms with Gasteiger partial charge in [0.2, 0.25) is 0 Å². The number of amides is 1. The molecule has 2 aromatic rings. The second-order valence-corrected chi connectivity index (χ2v) is 4.48. The van der Waals surface area contributed by atoms with E-state index in [1.807, 2.05) is 5.43 Å². The lowest BCUT2D eigenvalue weighted by Crippen LogP contribution is -2.33. The van der Waals surface area contributed by atoms with Crippen LogP contribution >= 0.6 is 0 Å². The van der Waals surface area contributed by atoms with Crippen LogP contribution in [0.15, 0.2) is 41.3 Å². The second-order valence-electron chi connectivity index (χ2n) is 4.48. The average Bonchev–Trinajstić information content (AvgIpc) is 2.51. The van der Waals surface area contributed by atoms with Gasteiger partial charge in [-0.25, -0.2) is 0 Å². The minimum atomic E-state index is -4.75. The molecule has 1 amide bonds. The van der Waals surface area contributed by atoms with Gasteiger partial charge in [-0.3, -0.25) is 30.6 Å². The van der Waals surface area contributed by atoms with Crippen LogP contribution in [-0.4, -0.2) is 15.8 Å². The minimum Gasteiger partial charge on any atom is -0.328 e. The third-order valence-electron chi connectivity index (χ3n) is 2.90. The molecule has 0 saturated heterocycles. The maximum absolute atomic E-state index is 12.6. The van der Waals surface area contributed by atoms with Gasteiger partial charge in [0.15, 0.2) is 0 Å². The van der Waals surface area contributed by atoms with Crippen LogP contribution in [0.5, 0.6) is 0 Å². The Bertz CT molecular complexity index is 848. The molecule has 24 heavy (non-hydrogen) atoms. The molecule has 0 spiro atoms. The van der Waals surface area contributed by atoms with Crippen LogP contribution in [0.2, 0.25) is 0 Å². The SMILES string of the molecule is O=C(NNc1ccc(C(F)(F)F)cc1[N+](=O)[O-])c1ccc[nH]c1=O. The van der Waals surface area contributed by atoms with E-state index in [-0.39, 0.29) is 11.3 Å². The Balaban J connectivity index is 2.24. The van der Waals surface area contributed by atoms with Crippen molar-refractivity contribution in [2.24, 2.45) is 0 Å². The van der Waals surface area contributed by atoms with E-state index >= 15 is 0 Å². The van der Waals surface area contributed by atoms with E-state index in [4.69, 9.17) is 0 Å². The van der Waals surface area contributed by atoms with E-state index in [1.165, 1.54) is 18.3 Å². The highest BCUT2D eigenvalue weighted by atomic mass is 19.4. The maximum atomic E-state index is 12.6. The number of halogens is 3. The number of benzene rings is 1. The van der Waals surface area contributed by atoms with Crippen molar-refractivity contribution in [2.45, 2.75) is 6.18 Å². The van der Waals surface area contributed by atoms with Crippen LogP contribution in [0, 0.1) is 10.1 Å². The molecule has 0 saturated carbocycles. The fourth-order valence-electron chi connectivity index (χ4n) is 1.76. The minimum absolute atomic E-state index is 0.278. The van der Waals surface area contributed by atoms with Crippen molar-refractivity contribution in [1.82, 2.24) is 10.4 Å². The highest BCUT2D eigenvalue weighted by Crippen LogP contribution is 2.34. The zero-order valence-electron chi connectivity index (χ0n) is 11.7. The van der Waals surface area contributed by atoms with E-state index in [0.717, 1.165) is 6.07 Å². The first-order valence-corrected chi connectivity index (χ1v) is 6.30. The molecule has 0 aliphatic rings. The van der Waals surface area contributed by atoms with Gasteiger partial charge in [-0.15, -0.1) is 0 Å². The summed E-state index contributed by atoms with van der Waals surface area (Å²) in [6, 6.07) is 4.35. The summed E-state index contributed by atoms with van der Waals surface area (Å²) in [7, 11) is 0. The maximum Gasteiger partial charge on any atom is 0.416 e. The molecule has 0 aliphatic heterocycles. The molecular weight excluding hydrogens is 333 g/mol. The third kappa shape index (κ3) is 3.69. The van der Waals surface area contributed by atoms with Crippen molar-refractivity contribution < 1.29 is 22.9 Å². The molecular formula is C13H9F3N4O4. The van der Waals surface area contributed by atoms with Gasteiger partial charge in [-0.05, 0) is 24.3 Å². The smallest absolute Gasteiger partial charge is 0.328 e. The molecule has 0 fully saturated rings.